The van der Waals surface area contributed by atoms with Crippen molar-refractivity contribution in [2.75, 3.05) is 6.54 Å². The Labute approximate surface area is 124 Å². The number of hydrogen-bond acceptors (Lipinski definition) is 5. The van der Waals surface area contributed by atoms with E-state index in [1.165, 1.54) is 10.5 Å². The molecule has 0 aliphatic heterocycles. The Morgan fingerprint density at radius 2 is 2.25 bits per heavy atom. The molecule has 1 aromatic heterocycles. The summed E-state index contributed by atoms with van der Waals surface area (Å²) >= 11 is 1.72. The van der Waals surface area contributed by atoms with E-state index in [0.29, 0.717) is 18.4 Å². The molecule has 0 radical (unpaired) electrons. The molecular weight excluding hydrogens is 270 g/mol. The van der Waals surface area contributed by atoms with Crippen molar-refractivity contribution in [3.63, 3.8) is 0 Å². The van der Waals surface area contributed by atoms with Gasteiger partial charge in [-0.25, -0.2) is 0 Å². The van der Waals surface area contributed by atoms with Gasteiger partial charge in [0.05, 0.1) is 5.75 Å². The number of aryl methyl sites for hydroxylation is 2. The zero-order chi connectivity index (χ0) is 14.4. The Bertz CT molecular complexity index is 541. The number of hydrogen-bond donors (Lipinski definition) is 1. The van der Waals surface area contributed by atoms with Crippen LogP contribution in [0, 0.1) is 12.8 Å². The molecule has 0 spiro atoms. The second kappa shape index (κ2) is 7.45. The Balaban J connectivity index is 1.83. The van der Waals surface area contributed by atoms with Crippen LogP contribution >= 0.6 is 11.8 Å². The third kappa shape index (κ3) is 4.65. The highest BCUT2D eigenvalue weighted by atomic mass is 32.2. The lowest BCUT2D eigenvalue weighted by Gasteiger charge is -2.03. The molecule has 0 aliphatic rings. The molecule has 20 heavy (non-hydrogen) atoms. The van der Waals surface area contributed by atoms with E-state index in [4.69, 9.17) is 10.3 Å². The summed E-state index contributed by atoms with van der Waals surface area (Å²) in [6.07, 6.45) is 1.80. The highest BCUT2D eigenvalue weighted by Gasteiger charge is 2.08. The van der Waals surface area contributed by atoms with E-state index in [9.17, 15) is 0 Å². The van der Waals surface area contributed by atoms with Crippen molar-refractivity contribution in [2.24, 2.45) is 11.7 Å². The first-order chi connectivity index (χ1) is 9.67. The summed E-state index contributed by atoms with van der Waals surface area (Å²) in [5, 5.41) is 4.02. The fourth-order valence-electron chi connectivity index (χ4n) is 1.79. The van der Waals surface area contributed by atoms with Crippen molar-refractivity contribution in [1.82, 2.24) is 10.1 Å². The standard InChI is InChI=1S/C15H21N3OS/c1-11-4-3-5-13(8-11)20-10-14-17-15(19-18-14)7-6-12(2)9-16/h3-5,8,12H,6-7,9-10,16H2,1-2H3. The molecule has 0 amide bonds. The van der Waals surface area contributed by atoms with Crippen molar-refractivity contribution in [2.45, 2.75) is 37.3 Å². The number of aromatic nitrogens is 2. The summed E-state index contributed by atoms with van der Waals surface area (Å²) in [7, 11) is 0. The van der Waals surface area contributed by atoms with E-state index in [-0.39, 0.29) is 0 Å². The van der Waals surface area contributed by atoms with E-state index in [2.05, 4.69) is 48.3 Å². The molecule has 0 saturated heterocycles. The molecule has 2 rings (SSSR count). The van der Waals surface area contributed by atoms with Crippen LogP contribution in [0.1, 0.15) is 30.6 Å². The Morgan fingerprint density at radius 3 is 3.00 bits per heavy atom. The van der Waals surface area contributed by atoms with Gasteiger partial charge in [0.2, 0.25) is 5.89 Å². The molecule has 1 aromatic carbocycles. The van der Waals surface area contributed by atoms with E-state index < -0.39 is 0 Å². The molecule has 2 aromatic rings. The quantitative estimate of drug-likeness (QED) is 0.794. The van der Waals surface area contributed by atoms with Gasteiger partial charge in [-0.05, 0) is 37.9 Å². The second-order valence-electron chi connectivity index (χ2n) is 5.09. The van der Waals surface area contributed by atoms with E-state index in [0.717, 1.165) is 24.4 Å². The predicted octanol–water partition coefficient (Wildman–Crippen LogP) is 3.20. The monoisotopic (exact) mass is 291 g/mol. The fraction of sp³-hybridized carbons (Fsp3) is 0.467. The van der Waals surface area contributed by atoms with Crippen LogP contribution in [0.3, 0.4) is 0 Å². The SMILES string of the molecule is Cc1cccc(SCc2noc(CCC(C)CN)n2)c1. The molecule has 108 valence electrons. The molecule has 0 saturated carbocycles. The van der Waals surface area contributed by atoms with Crippen LogP contribution in [-0.2, 0) is 12.2 Å². The first-order valence-corrected chi connectivity index (χ1v) is 7.87. The summed E-state index contributed by atoms with van der Waals surface area (Å²) in [6, 6.07) is 8.42. The van der Waals surface area contributed by atoms with E-state index in [1.54, 1.807) is 11.8 Å². The highest BCUT2D eigenvalue weighted by molar-refractivity contribution is 7.98. The molecule has 4 nitrogen and oxygen atoms in total. The zero-order valence-electron chi connectivity index (χ0n) is 12.0. The first-order valence-electron chi connectivity index (χ1n) is 6.88. The molecule has 1 unspecified atom stereocenters. The van der Waals surface area contributed by atoms with Gasteiger partial charge in [-0.2, -0.15) is 4.98 Å². The fourth-order valence-corrected chi connectivity index (χ4v) is 2.65. The summed E-state index contributed by atoms with van der Waals surface area (Å²) in [5.74, 6) is 2.70. The molecule has 1 atom stereocenters. The van der Waals surface area contributed by atoms with Crippen LogP contribution in [0.25, 0.3) is 0 Å². The molecule has 0 bridgehead atoms. The summed E-state index contributed by atoms with van der Waals surface area (Å²) in [5.41, 5.74) is 6.86. The van der Waals surface area contributed by atoms with Gasteiger partial charge in [-0.1, -0.05) is 29.8 Å². The smallest absolute Gasteiger partial charge is 0.226 e. The number of thioether (sulfide) groups is 1. The predicted molar refractivity (Wildman–Crippen MR) is 81.6 cm³/mol. The Morgan fingerprint density at radius 1 is 1.40 bits per heavy atom. The maximum Gasteiger partial charge on any atom is 0.226 e. The molecule has 2 N–H and O–H groups in total. The molecule has 5 heteroatoms. The lowest BCUT2D eigenvalue weighted by atomic mass is 10.1. The maximum atomic E-state index is 5.60. The van der Waals surface area contributed by atoms with Gasteiger partial charge in [0.1, 0.15) is 0 Å². The number of nitrogens with two attached hydrogens (primary N) is 1. The normalized spacial score (nSPS) is 12.6. The molecule has 1 heterocycles. The number of benzene rings is 1. The number of nitrogens with zero attached hydrogens (tertiary/aromatic N) is 2. The van der Waals surface area contributed by atoms with Crippen molar-refractivity contribution in [3.05, 3.63) is 41.5 Å². The van der Waals surface area contributed by atoms with Gasteiger partial charge in [0.15, 0.2) is 5.82 Å². The van der Waals surface area contributed by atoms with Crippen molar-refractivity contribution in [3.8, 4) is 0 Å². The van der Waals surface area contributed by atoms with Gasteiger partial charge < -0.3 is 10.3 Å². The first kappa shape index (κ1) is 15.1. The van der Waals surface area contributed by atoms with Crippen molar-refractivity contribution < 1.29 is 4.52 Å². The topological polar surface area (TPSA) is 64.9 Å². The van der Waals surface area contributed by atoms with E-state index in [1.807, 2.05) is 0 Å². The lowest BCUT2D eigenvalue weighted by Crippen LogP contribution is -2.11. The Kier molecular flexibility index (Phi) is 5.61. The van der Waals surface area contributed by atoms with Crippen LogP contribution < -0.4 is 5.73 Å². The third-order valence-corrected chi connectivity index (χ3v) is 4.11. The van der Waals surface area contributed by atoms with Crippen molar-refractivity contribution >= 4 is 11.8 Å². The molecule has 0 fully saturated rings. The third-order valence-electron chi connectivity index (χ3n) is 3.12. The van der Waals surface area contributed by atoms with Gasteiger partial charge in [-0.3, -0.25) is 0 Å². The van der Waals surface area contributed by atoms with E-state index >= 15 is 0 Å². The zero-order valence-corrected chi connectivity index (χ0v) is 12.8. The minimum absolute atomic E-state index is 0.493. The summed E-state index contributed by atoms with van der Waals surface area (Å²) in [6.45, 7) is 4.92. The lowest BCUT2D eigenvalue weighted by molar-refractivity contribution is 0.362. The van der Waals surface area contributed by atoms with Crippen LogP contribution in [0.15, 0.2) is 33.7 Å². The van der Waals surface area contributed by atoms with Gasteiger partial charge in [-0.15, -0.1) is 11.8 Å². The average Bonchev–Trinajstić information content (AvgIpc) is 2.90. The van der Waals surface area contributed by atoms with Crippen LogP contribution in [-0.4, -0.2) is 16.7 Å². The van der Waals surface area contributed by atoms with Gasteiger partial charge in [0, 0.05) is 11.3 Å². The Hall–Kier alpha value is -1.33. The second-order valence-corrected chi connectivity index (χ2v) is 6.14. The molecule has 0 aliphatic carbocycles. The minimum atomic E-state index is 0.493. The largest absolute Gasteiger partial charge is 0.339 e. The van der Waals surface area contributed by atoms with Gasteiger partial charge in [0.25, 0.3) is 0 Å². The van der Waals surface area contributed by atoms with Crippen LogP contribution in [0.5, 0.6) is 0 Å². The van der Waals surface area contributed by atoms with Crippen molar-refractivity contribution in [1.29, 1.82) is 0 Å². The highest BCUT2D eigenvalue weighted by Crippen LogP contribution is 2.22. The average molecular weight is 291 g/mol. The number of rotatable bonds is 7. The van der Waals surface area contributed by atoms with Gasteiger partial charge >= 0.3 is 0 Å². The molecular formula is C15H21N3OS. The summed E-state index contributed by atoms with van der Waals surface area (Å²) < 4.78 is 5.26. The van der Waals surface area contributed by atoms with Crippen LogP contribution in [0.4, 0.5) is 0 Å². The maximum absolute atomic E-state index is 5.60. The minimum Gasteiger partial charge on any atom is -0.339 e. The summed E-state index contributed by atoms with van der Waals surface area (Å²) in [4.78, 5) is 5.64. The van der Waals surface area contributed by atoms with Crippen LogP contribution in [0.2, 0.25) is 0 Å².